The summed E-state index contributed by atoms with van der Waals surface area (Å²) in [6, 6.07) is 16.7. The van der Waals surface area contributed by atoms with Crippen LogP contribution in [0.5, 0.6) is 5.75 Å². The molecule has 28 heavy (non-hydrogen) atoms. The summed E-state index contributed by atoms with van der Waals surface area (Å²) >= 11 is 0. The highest BCUT2D eigenvalue weighted by atomic mass is 16.5. The average molecular weight is 377 g/mol. The van der Waals surface area contributed by atoms with Crippen molar-refractivity contribution in [2.24, 2.45) is 0 Å². The van der Waals surface area contributed by atoms with Gasteiger partial charge in [0.15, 0.2) is 6.61 Å². The Hall–Kier alpha value is -3.68. The molecule has 142 valence electrons. The number of nitrogens with zero attached hydrogens (tertiary/aromatic N) is 3. The van der Waals surface area contributed by atoms with Gasteiger partial charge < -0.3 is 10.1 Å². The van der Waals surface area contributed by atoms with E-state index in [0.29, 0.717) is 18.2 Å². The molecule has 0 saturated heterocycles. The molecule has 0 fully saturated rings. The lowest BCUT2D eigenvalue weighted by Crippen LogP contribution is -2.29. The first-order chi connectivity index (χ1) is 13.7. The second-order valence-corrected chi connectivity index (χ2v) is 6.42. The molecule has 0 spiro atoms. The molecule has 3 aromatic rings. The number of rotatable bonds is 6. The van der Waals surface area contributed by atoms with Gasteiger partial charge in [-0.05, 0) is 23.3 Å². The Morgan fingerprint density at radius 2 is 2.07 bits per heavy atom. The number of amides is 2. The van der Waals surface area contributed by atoms with Crippen molar-refractivity contribution in [1.29, 1.82) is 0 Å². The van der Waals surface area contributed by atoms with E-state index in [1.165, 1.54) is 6.33 Å². The van der Waals surface area contributed by atoms with Crippen LogP contribution in [-0.4, -0.2) is 33.2 Å². The van der Waals surface area contributed by atoms with Crippen molar-refractivity contribution < 1.29 is 14.3 Å². The lowest BCUT2D eigenvalue weighted by atomic mass is 10.0. The van der Waals surface area contributed by atoms with E-state index in [9.17, 15) is 9.59 Å². The van der Waals surface area contributed by atoms with Crippen molar-refractivity contribution >= 4 is 17.8 Å². The monoisotopic (exact) mass is 377 g/mol. The molecule has 1 aliphatic heterocycles. The largest absolute Gasteiger partial charge is 0.484 e. The van der Waals surface area contributed by atoms with E-state index < -0.39 is 0 Å². The van der Waals surface area contributed by atoms with Crippen LogP contribution in [0, 0.1) is 0 Å². The number of ether oxygens (including phenoxy) is 1. The molecule has 0 aliphatic carbocycles. The molecule has 0 bridgehead atoms. The highest BCUT2D eigenvalue weighted by Crippen LogP contribution is 2.30. The minimum atomic E-state index is -0.262. The topological polar surface area (TPSA) is 98.1 Å². The number of carbonyl (C=O) groups excluding carboxylic acids is 2. The number of benzene rings is 2. The molecule has 0 radical (unpaired) electrons. The van der Waals surface area contributed by atoms with Crippen molar-refractivity contribution in [2.75, 3.05) is 11.9 Å². The third kappa shape index (κ3) is 4.01. The molecule has 0 unspecified atom stereocenters. The summed E-state index contributed by atoms with van der Waals surface area (Å²) in [6.07, 6.45) is 1.67. The second kappa shape index (κ2) is 7.91. The summed E-state index contributed by atoms with van der Waals surface area (Å²) in [7, 11) is 0. The van der Waals surface area contributed by atoms with Crippen molar-refractivity contribution in [1.82, 2.24) is 20.1 Å². The predicted octanol–water partition coefficient (Wildman–Crippen LogP) is 1.90. The number of fused-ring (bicyclic) bond motifs is 1. The van der Waals surface area contributed by atoms with Gasteiger partial charge in [-0.1, -0.05) is 42.5 Å². The number of anilines is 1. The molecule has 2 aromatic carbocycles. The van der Waals surface area contributed by atoms with E-state index >= 15 is 0 Å². The fraction of sp³-hybridized carbons (Fsp3) is 0.200. The molecular formula is C20H19N5O3. The number of carbonyl (C=O) groups is 2. The molecule has 2 heterocycles. The quantitative estimate of drug-likeness (QED) is 0.684. The first kappa shape index (κ1) is 17.7. The van der Waals surface area contributed by atoms with E-state index in [-0.39, 0.29) is 30.9 Å². The van der Waals surface area contributed by atoms with E-state index in [0.717, 1.165) is 11.1 Å². The Labute approximate surface area is 161 Å². The van der Waals surface area contributed by atoms with E-state index in [1.807, 2.05) is 48.5 Å². The van der Waals surface area contributed by atoms with Crippen LogP contribution in [0.2, 0.25) is 0 Å². The summed E-state index contributed by atoms with van der Waals surface area (Å²) < 4.78 is 7.30. The Morgan fingerprint density at radius 1 is 1.21 bits per heavy atom. The SMILES string of the molecule is O=C(COc1cccc([C@@H]2CC(=O)Nc3ncnn32)c1)NCc1ccccc1. The van der Waals surface area contributed by atoms with E-state index in [4.69, 9.17) is 4.74 Å². The first-order valence-corrected chi connectivity index (χ1v) is 8.92. The van der Waals surface area contributed by atoms with Crippen LogP contribution in [0.15, 0.2) is 60.9 Å². The molecular weight excluding hydrogens is 358 g/mol. The van der Waals surface area contributed by atoms with Crippen LogP contribution >= 0.6 is 0 Å². The van der Waals surface area contributed by atoms with E-state index in [1.54, 1.807) is 10.7 Å². The molecule has 8 nitrogen and oxygen atoms in total. The summed E-state index contributed by atoms with van der Waals surface area (Å²) in [5, 5.41) is 9.70. The van der Waals surface area contributed by atoms with Gasteiger partial charge in [-0.3, -0.25) is 14.9 Å². The Bertz CT molecular complexity index is 986. The number of aromatic nitrogens is 3. The van der Waals surface area contributed by atoms with Gasteiger partial charge in [-0.2, -0.15) is 10.1 Å². The van der Waals surface area contributed by atoms with Gasteiger partial charge in [0.1, 0.15) is 12.1 Å². The predicted molar refractivity (Wildman–Crippen MR) is 102 cm³/mol. The zero-order chi connectivity index (χ0) is 19.3. The first-order valence-electron chi connectivity index (χ1n) is 8.92. The molecule has 1 atom stereocenters. The molecule has 0 saturated carbocycles. The van der Waals surface area contributed by atoms with Crippen molar-refractivity contribution in [3.05, 3.63) is 72.1 Å². The van der Waals surface area contributed by atoms with Gasteiger partial charge in [-0.25, -0.2) is 4.68 Å². The van der Waals surface area contributed by atoms with Crippen LogP contribution in [0.3, 0.4) is 0 Å². The second-order valence-electron chi connectivity index (χ2n) is 6.42. The molecule has 1 aromatic heterocycles. The van der Waals surface area contributed by atoms with Crippen LogP contribution in [0.4, 0.5) is 5.95 Å². The lowest BCUT2D eigenvalue weighted by Gasteiger charge is -2.24. The van der Waals surface area contributed by atoms with Crippen LogP contribution in [0.25, 0.3) is 0 Å². The highest BCUT2D eigenvalue weighted by molar-refractivity contribution is 5.91. The van der Waals surface area contributed by atoms with Gasteiger partial charge >= 0.3 is 0 Å². The van der Waals surface area contributed by atoms with Gasteiger partial charge in [0.2, 0.25) is 11.9 Å². The Kier molecular flexibility index (Phi) is 5.01. The highest BCUT2D eigenvalue weighted by Gasteiger charge is 2.27. The summed E-state index contributed by atoms with van der Waals surface area (Å²) in [4.78, 5) is 28.0. The molecule has 2 amide bonds. The van der Waals surface area contributed by atoms with Crippen LogP contribution in [0.1, 0.15) is 23.6 Å². The Morgan fingerprint density at radius 3 is 2.93 bits per heavy atom. The van der Waals surface area contributed by atoms with E-state index in [2.05, 4.69) is 20.7 Å². The molecule has 2 N–H and O–H groups in total. The number of nitrogens with one attached hydrogen (secondary N) is 2. The van der Waals surface area contributed by atoms with Gasteiger partial charge in [0.25, 0.3) is 5.91 Å². The van der Waals surface area contributed by atoms with Crippen LogP contribution in [-0.2, 0) is 16.1 Å². The maximum Gasteiger partial charge on any atom is 0.258 e. The average Bonchev–Trinajstić information content (AvgIpc) is 3.19. The molecule has 8 heteroatoms. The smallest absolute Gasteiger partial charge is 0.258 e. The minimum Gasteiger partial charge on any atom is -0.484 e. The summed E-state index contributed by atoms with van der Waals surface area (Å²) in [5.41, 5.74) is 1.89. The Balaban J connectivity index is 1.38. The fourth-order valence-corrected chi connectivity index (χ4v) is 3.07. The number of hydrogen-bond acceptors (Lipinski definition) is 5. The fourth-order valence-electron chi connectivity index (χ4n) is 3.07. The third-order valence-electron chi connectivity index (χ3n) is 4.44. The third-order valence-corrected chi connectivity index (χ3v) is 4.44. The standard InChI is InChI=1S/C20H19N5O3/c26-18-10-17(25-20(24-18)22-13-23-25)15-7-4-8-16(9-15)28-12-19(27)21-11-14-5-2-1-3-6-14/h1-9,13,17H,10-12H2,(H,21,27)(H,22,23,24,26)/t17-/m0/s1. The zero-order valence-corrected chi connectivity index (χ0v) is 15.0. The zero-order valence-electron chi connectivity index (χ0n) is 15.0. The number of hydrogen-bond donors (Lipinski definition) is 2. The summed E-state index contributed by atoms with van der Waals surface area (Å²) in [5.74, 6) is 0.662. The van der Waals surface area contributed by atoms with Gasteiger partial charge in [-0.15, -0.1) is 0 Å². The van der Waals surface area contributed by atoms with Gasteiger partial charge in [0, 0.05) is 6.54 Å². The van der Waals surface area contributed by atoms with Crippen molar-refractivity contribution in [2.45, 2.75) is 19.0 Å². The maximum absolute atomic E-state index is 12.0. The maximum atomic E-state index is 12.0. The molecule has 4 rings (SSSR count). The van der Waals surface area contributed by atoms with Crippen molar-refractivity contribution in [3.8, 4) is 5.75 Å². The lowest BCUT2D eigenvalue weighted by molar-refractivity contribution is -0.123. The summed E-state index contributed by atoms with van der Waals surface area (Å²) in [6.45, 7) is 0.366. The van der Waals surface area contributed by atoms with Gasteiger partial charge in [0.05, 0.1) is 12.5 Å². The van der Waals surface area contributed by atoms with Crippen molar-refractivity contribution in [3.63, 3.8) is 0 Å². The van der Waals surface area contributed by atoms with Crippen LogP contribution < -0.4 is 15.4 Å². The molecule has 1 aliphatic rings. The normalized spacial score (nSPS) is 15.4. The minimum absolute atomic E-state index is 0.0873.